The summed E-state index contributed by atoms with van der Waals surface area (Å²) in [4.78, 5) is 2.45. The van der Waals surface area contributed by atoms with Crippen molar-refractivity contribution in [2.24, 2.45) is 20.0 Å². The summed E-state index contributed by atoms with van der Waals surface area (Å²) in [5.41, 5.74) is 3.55. The molecule has 2 aliphatic rings. The third-order valence-electron chi connectivity index (χ3n) is 4.84. The van der Waals surface area contributed by atoms with Crippen molar-refractivity contribution in [1.29, 1.82) is 0 Å². The molecule has 0 spiro atoms. The van der Waals surface area contributed by atoms with Gasteiger partial charge in [0.15, 0.2) is 0 Å². The van der Waals surface area contributed by atoms with Gasteiger partial charge in [-0.2, -0.15) is 5.10 Å². The van der Waals surface area contributed by atoms with E-state index in [1.54, 1.807) is 0 Å². The lowest BCUT2D eigenvalue weighted by atomic mass is 10.0. The number of nitrogens with zero attached hydrogens (tertiary/aromatic N) is 6. The second-order valence-electron chi connectivity index (χ2n) is 6.78. The van der Waals surface area contributed by atoms with E-state index in [4.69, 9.17) is 4.74 Å². The molecule has 1 atom stereocenters. The Labute approximate surface area is 136 Å². The molecule has 4 rings (SSSR count). The highest BCUT2D eigenvalue weighted by atomic mass is 16.5. The summed E-state index contributed by atoms with van der Waals surface area (Å²) in [7, 11) is 3.93. The number of hydrogen-bond acceptors (Lipinski definition) is 5. The molecule has 1 unspecified atom stereocenters. The summed E-state index contributed by atoms with van der Waals surface area (Å²) in [5, 5.41) is 12.9. The summed E-state index contributed by atoms with van der Waals surface area (Å²) >= 11 is 0. The highest BCUT2D eigenvalue weighted by Gasteiger charge is 2.32. The van der Waals surface area contributed by atoms with Crippen LogP contribution in [0.3, 0.4) is 0 Å². The van der Waals surface area contributed by atoms with Crippen LogP contribution in [-0.2, 0) is 31.8 Å². The predicted molar refractivity (Wildman–Crippen MR) is 84.6 cm³/mol. The third kappa shape index (κ3) is 3.16. The van der Waals surface area contributed by atoms with Crippen LogP contribution in [0.25, 0.3) is 0 Å². The molecule has 2 aromatic rings. The number of rotatable bonds is 6. The van der Waals surface area contributed by atoms with Gasteiger partial charge < -0.3 is 4.74 Å². The summed E-state index contributed by atoms with van der Waals surface area (Å²) < 4.78 is 9.76. The molecule has 0 saturated heterocycles. The molecule has 7 heteroatoms. The van der Waals surface area contributed by atoms with Crippen molar-refractivity contribution in [1.82, 2.24) is 29.7 Å². The van der Waals surface area contributed by atoms with Crippen molar-refractivity contribution >= 4 is 0 Å². The van der Waals surface area contributed by atoms with E-state index in [9.17, 15) is 0 Å². The van der Waals surface area contributed by atoms with E-state index in [-0.39, 0.29) is 6.04 Å². The molecule has 0 radical (unpaired) electrons. The van der Waals surface area contributed by atoms with Gasteiger partial charge in [0.05, 0.1) is 24.5 Å². The Morgan fingerprint density at radius 1 is 1.26 bits per heavy atom. The lowest BCUT2D eigenvalue weighted by Gasteiger charge is -2.34. The monoisotopic (exact) mass is 316 g/mol. The molecule has 0 amide bonds. The first kappa shape index (κ1) is 14.8. The van der Waals surface area contributed by atoms with E-state index in [1.807, 2.05) is 29.7 Å². The van der Waals surface area contributed by atoms with E-state index in [0.29, 0.717) is 6.61 Å². The van der Waals surface area contributed by atoms with Crippen molar-refractivity contribution < 1.29 is 4.74 Å². The maximum atomic E-state index is 6.00. The van der Waals surface area contributed by atoms with E-state index >= 15 is 0 Å². The second-order valence-corrected chi connectivity index (χ2v) is 6.78. The minimum Gasteiger partial charge on any atom is -0.379 e. The smallest absolute Gasteiger partial charge is 0.105 e. The van der Waals surface area contributed by atoms with E-state index in [2.05, 4.69) is 26.5 Å². The van der Waals surface area contributed by atoms with Crippen LogP contribution in [0, 0.1) is 5.92 Å². The standard InChI is InChI=1S/C16H24N6O/c1-20-8-13(7-17-20)9-22-6-5-14-16(18-19-21(14)2)15(22)11-23-10-12-3-4-12/h7-8,12,15H,3-6,9-11H2,1-2H3. The largest absolute Gasteiger partial charge is 0.379 e. The average Bonchev–Trinajstić information content (AvgIpc) is 3.16. The van der Waals surface area contributed by atoms with Gasteiger partial charge in [0.25, 0.3) is 0 Å². The van der Waals surface area contributed by atoms with Crippen LogP contribution in [0.5, 0.6) is 0 Å². The molecule has 23 heavy (non-hydrogen) atoms. The molecule has 1 aliphatic carbocycles. The van der Waals surface area contributed by atoms with Crippen LogP contribution in [0.1, 0.15) is 35.8 Å². The maximum Gasteiger partial charge on any atom is 0.105 e. The molecule has 3 heterocycles. The molecule has 7 nitrogen and oxygen atoms in total. The molecule has 124 valence electrons. The number of aromatic nitrogens is 5. The first-order valence-corrected chi connectivity index (χ1v) is 8.38. The number of fused-ring (bicyclic) bond motifs is 1. The normalized spacial score (nSPS) is 21.6. The Balaban J connectivity index is 1.51. The second kappa shape index (κ2) is 6.05. The zero-order valence-corrected chi connectivity index (χ0v) is 13.9. The SMILES string of the molecule is Cn1cc(CN2CCc3c(nnn3C)C2COCC2CC2)cn1. The van der Waals surface area contributed by atoms with Gasteiger partial charge in [-0.05, 0) is 18.8 Å². The fourth-order valence-corrected chi connectivity index (χ4v) is 3.31. The summed E-state index contributed by atoms with van der Waals surface area (Å²) in [6.07, 6.45) is 7.64. The lowest BCUT2D eigenvalue weighted by Crippen LogP contribution is -2.38. The zero-order chi connectivity index (χ0) is 15.8. The van der Waals surface area contributed by atoms with Crippen molar-refractivity contribution in [3.8, 4) is 0 Å². The Bertz CT molecular complexity index is 674. The Hall–Kier alpha value is -1.73. The van der Waals surface area contributed by atoms with Crippen LogP contribution in [-0.4, -0.2) is 49.4 Å². The molecule has 0 N–H and O–H groups in total. The molecular formula is C16H24N6O. The molecule has 1 aliphatic heterocycles. The van der Waals surface area contributed by atoms with Crippen molar-refractivity contribution in [3.05, 3.63) is 29.3 Å². The fraction of sp³-hybridized carbons (Fsp3) is 0.688. The Morgan fingerprint density at radius 2 is 2.13 bits per heavy atom. The summed E-state index contributed by atoms with van der Waals surface area (Å²) in [6, 6.07) is 0.186. The highest BCUT2D eigenvalue weighted by Crippen LogP contribution is 2.32. The van der Waals surface area contributed by atoms with E-state index in [0.717, 1.165) is 37.7 Å². The Morgan fingerprint density at radius 3 is 2.87 bits per heavy atom. The third-order valence-corrected chi connectivity index (χ3v) is 4.84. The van der Waals surface area contributed by atoms with Crippen LogP contribution in [0.4, 0.5) is 0 Å². The van der Waals surface area contributed by atoms with Crippen molar-refractivity contribution in [3.63, 3.8) is 0 Å². The average molecular weight is 316 g/mol. The molecule has 2 aromatic heterocycles. The van der Waals surface area contributed by atoms with E-state index < -0.39 is 0 Å². The van der Waals surface area contributed by atoms with Crippen LogP contribution in [0.15, 0.2) is 12.4 Å². The van der Waals surface area contributed by atoms with Gasteiger partial charge in [-0.25, -0.2) is 0 Å². The predicted octanol–water partition coefficient (Wildman–Crippen LogP) is 1.07. The van der Waals surface area contributed by atoms with Gasteiger partial charge in [0.1, 0.15) is 5.69 Å². The molecule has 1 fully saturated rings. The number of hydrogen-bond donors (Lipinski definition) is 0. The molecule has 0 aromatic carbocycles. The summed E-state index contributed by atoms with van der Waals surface area (Å²) in [5.74, 6) is 0.784. The first-order valence-electron chi connectivity index (χ1n) is 8.38. The lowest BCUT2D eigenvalue weighted by molar-refractivity contribution is 0.0425. The van der Waals surface area contributed by atoms with Crippen LogP contribution in [0.2, 0.25) is 0 Å². The number of ether oxygens (including phenoxy) is 1. The molecule has 1 saturated carbocycles. The molecular weight excluding hydrogens is 292 g/mol. The van der Waals surface area contributed by atoms with Gasteiger partial charge in [-0.15, -0.1) is 5.10 Å². The maximum absolute atomic E-state index is 6.00. The minimum atomic E-state index is 0.186. The first-order chi connectivity index (χ1) is 11.2. The highest BCUT2D eigenvalue weighted by molar-refractivity contribution is 5.20. The van der Waals surface area contributed by atoms with Gasteiger partial charge >= 0.3 is 0 Å². The van der Waals surface area contributed by atoms with Gasteiger partial charge in [0.2, 0.25) is 0 Å². The van der Waals surface area contributed by atoms with Gasteiger partial charge in [0, 0.05) is 52.0 Å². The van der Waals surface area contributed by atoms with Gasteiger partial charge in [-0.3, -0.25) is 14.3 Å². The minimum absolute atomic E-state index is 0.186. The van der Waals surface area contributed by atoms with Crippen molar-refractivity contribution in [2.75, 3.05) is 19.8 Å². The van der Waals surface area contributed by atoms with Crippen LogP contribution < -0.4 is 0 Å². The number of aryl methyl sites for hydroxylation is 2. The van der Waals surface area contributed by atoms with E-state index in [1.165, 1.54) is 24.1 Å². The summed E-state index contributed by atoms with van der Waals surface area (Å²) in [6.45, 7) is 3.46. The quantitative estimate of drug-likeness (QED) is 0.798. The van der Waals surface area contributed by atoms with Gasteiger partial charge in [-0.1, -0.05) is 5.21 Å². The van der Waals surface area contributed by atoms with Crippen molar-refractivity contribution in [2.45, 2.75) is 31.8 Å². The topological polar surface area (TPSA) is 61.0 Å². The Kier molecular flexibility index (Phi) is 3.90. The zero-order valence-electron chi connectivity index (χ0n) is 13.9. The van der Waals surface area contributed by atoms with Crippen LogP contribution >= 0.6 is 0 Å². The fourth-order valence-electron chi connectivity index (χ4n) is 3.31. The molecule has 0 bridgehead atoms.